The van der Waals surface area contributed by atoms with E-state index in [0.717, 1.165) is 12.2 Å². The van der Waals surface area contributed by atoms with Crippen molar-refractivity contribution in [1.82, 2.24) is 4.98 Å². The first-order valence-electron chi connectivity index (χ1n) is 4.88. The smallest absolute Gasteiger partial charge is 0.137 e. The highest BCUT2D eigenvalue weighted by atomic mass is 16.5. The largest absolute Gasteiger partial charge is 0.491 e. The molecule has 0 spiro atoms. The molecule has 0 amide bonds. The summed E-state index contributed by atoms with van der Waals surface area (Å²) in [6, 6.07) is 3.59. The predicted molar refractivity (Wildman–Crippen MR) is 58.2 cm³/mol. The lowest BCUT2D eigenvalue weighted by atomic mass is 9.92. The third-order valence-electron chi connectivity index (χ3n) is 2.35. The molecule has 1 aromatic heterocycles. The van der Waals surface area contributed by atoms with Crippen molar-refractivity contribution in [1.29, 1.82) is 0 Å². The number of hydrogen-bond acceptors (Lipinski definition) is 3. The van der Waals surface area contributed by atoms with Crippen molar-refractivity contribution in [2.75, 3.05) is 12.3 Å². The van der Waals surface area contributed by atoms with E-state index in [2.05, 4.69) is 25.8 Å². The second-order valence-corrected chi connectivity index (χ2v) is 4.23. The molecule has 0 aromatic carbocycles. The van der Waals surface area contributed by atoms with Crippen molar-refractivity contribution < 1.29 is 4.74 Å². The van der Waals surface area contributed by atoms with Crippen LogP contribution < -0.4 is 10.5 Å². The maximum Gasteiger partial charge on any atom is 0.137 e. The summed E-state index contributed by atoms with van der Waals surface area (Å²) in [4.78, 5) is 3.96. The summed E-state index contributed by atoms with van der Waals surface area (Å²) in [6.07, 6.45) is 2.75. The summed E-state index contributed by atoms with van der Waals surface area (Å²) in [5.41, 5.74) is 5.68. The molecule has 1 rings (SSSR count). The lowest BCUT2D eigenvalue weighted by Gasteiger charge is -2.22. The molecular formula is C11H18N2O. The number of nitrogens with zero attached hydrogens (tertiary/aromatic N) is 1. The Morgan fingerprint density at radius 2 is 2.14 bits per heavy atom. The fourth-order valence-electron chi connectivity index (χ4n) is 0.858. The third-order valence-corrected chi connectivity index (χ3v) is 2.35. The minimum Gasteiger partial charge on any atom is -0.491 e. The number of rotatable bonds is 4. The first-order valence-corrected chi connectivity index (χ1v) is 4.88. The SMILES string of the molecule is CCC(C)(C)COc1ccc(N)nc1. The Bertz CT molecular complexity index is 280. The highest BCUT2D eigenvalue weighted by Crippen LogP contribution is 2.21. The molecule has 3 heteroatoms. The van der Waals surface area contributed by atoms with Crippen LogP contribution in [0.2, 0.25) is 0 Å². The normalized spacial score (nSPS) is 11.4. The summed E-state index contributed by atoms with van der Waals surface area (Å²) in [7, 11) is 0. The standard InChI is InChI=1S/C11H18N2O/c1-4-11(2,3)8-14-9-5-6-10(12)13-7-9/h5-7H,4,8H2,1-3H3,(H2,12,13). The number of anilines is 1. The molecule has 0 bridgehead atoms. The van der Waals surface area contributed by atoms with Gasteiger partial charge in [0.25, 0.3) is 0 Å². The zero-order valence-corrected chi connectivity index (χ0v) is 9.08. The number of ether oxygens (including phenoxy) is 1. The van der Waals surface area contributed by atoms with Crippen LogP contribution in [-0.2, 0) is 0 Å². The van der Waals surface area contributed by atoms with E-state index in [4.69, 9.17) is 10.5 Å². The van der Waals surface area contributed by atoms with Crippen molar-refractivity contribution in [3.05, 3.63) is 18.3 Å². The number of nitrogen functional groups attached to an aromatic ring is 1. The van der Waals surface area contributed by atoms with Crippen molar-refractivity contribution in [3.8, 4) is 5.75 Å². The van der Waals surface area contributed by atoms with Gasteiger partial charge in [-0.1, -0.05) is 20.8 Å². The molecule has 0 fully saturated rings. The maximum atomic E-state index is 5.60. The minimum atomic E-state index is 0.210. The monoisotopic (exact) mass is 194 g/mol. The Hall–Kier alpha value is -1.25. The van der Waals surface area contributed by atoms with Gasteiger partial charge in [-0.3, -0.25) is 0 Å². The molecule has 3 nitrogen and oxygen atoms in total. The van der Waals surface area contributed by atoms with Gasteiger partial charge < -0.3 is 10.5 Å². The predicted octanol–water partition coefficient (Wildman–Crippen LogP) is 2.48. The third kappa shape index (κ3) is 3.24. The van der Waals surface area contributed by atoms with E-state index in [1.54, 1.807) is 12.3 Å². The molecule has 1 aromatic rings. The molecule has 0 aliphatic heterocycles. The van der Waals surface area contributed by atoms with Gasteiger partial charge in [-0.25, -0.2) is 4.98 Å². The first kappa shape index (κ1) is 10.8. The average molecular weight is 194 g/mol. The Kier molecular flexibility index (Phi) is 3.33. The summed E-state index contributed by atoms with van der Waals surface area (Å²) < 4.78 is 5.60. The zero-order chi connectivity index (χ0) is 10.6. The fourth-order valence-corrected chi connectivity index (χ4v) is 0.858. The highest BCUT2D eigenvalue weighted by molar-refractivity contribution is 5.32. The van der Waals surface area contributed by atoms with Gasteiger partial charge in [0.05, 0.1) is 12.8 Å². The molecular weight excluding hydrogens is 176 g/mol. The quantitative estimate of drug-likeness (QED) is 0.801. The average Bonchev–Trinajstić information content (AvgIpc) is 2.17. The second kappa shape index (κ2) is 4.31. The van der Waals surface area contributed by atoms with Gasteiger partial charge >= 0.3 is 0 Å². The van der Waals surface area contributed by atoms with Crippen LogP contribution in [0.5, 0.6) is 5.75 Å². The molecule has 0 aliphatic rings. The maximum absolute atomic E-state index is 5.60. The van der Waals surface area contributed by atoms with Crippen LogP contribution in [0.15, 0.2) is 18.3 Å². The molecule has 14 heavy (non-hydrogen) atoms. The van der Waals surface area contributed by atoms with Gasteiger partial charge in [0.2, 0.25) is 0 Å². The summed E-state index contributed by atoms with van der Waals surface area (Å²) in [5.74, 6) is 1.30. The molecule has 2 N–H and O–H groups in total. The van der Waals surface area contributed by atoms with Gasteiger partial charge in [0.1, 0.15) is 11.6 Å². The van der Waals surface area contributed by atoms with Crippen molar-refractivity contribution >= 4 is 5.82 Å². The number of nitrogens with two attached hydrogens (primary N) is 1. The van der Waals surface area contributed by atoms with Gasteiger partial charge in [0, 0.05) is 0 Å². The van der Waals surface area contributed by atoms with Gasteiger partial charge in [-0.2, -0.15) is 0 Å². The van der Waals surface area contributed by atoms with E-state index in [-0.39, 0.29) is 5.41 Å². The number of hydrogen-bond donors (Lipinski definition) is 1. The molecule has 0 atom stereocenters. The highest BCUT2D eigenvalue weighted by Gasteiger charge is 2.15. The van der Waals surface area contributed by atoms with Crippen molar-refractivity contribution in [3.63, 3.8) is 0 Å². The molecule has 0 aliphatic carbocycles. The Morgan fingerprint density at radius 1 is 1.43 bits per heavy atom. The topological polar surface area (TPSA) is 48.1 Å². The molecule has 1 heterocycles. The van der Waals surface area contributed by atoms with Crippen LogP contribution in [0.3, 0.4) is 0 Å². The lowest BCUT2D eigenvalue weighted by Crippen LogP contribution is -2.20. The molecule has 0 saturated heterocycles. The lowest BCUT2D eigenvalue weighted by molar-refractivity contribution is 0.175. The summed E-state index contributed by atoms with van der Waals surface area (Å²) >= 11 is 0. The van der Waals surface area contributed by atoms with E-state index < -0.39 is 0 Å². The number of pyridine rings is 1. The molecule has 0 unspecified atom stereocenters. The summed E-state index contributed by atoms with van der Waals surface area (Å²) in [5, 5.41) is 0. The molecule has 0 radical (unpaired) electrons. The van der Waals surface area contributed by atoms with Crippen LogP contribution in [0.25, 0.3) is 0 Å². The Morgan fingerprint density at radius 3 is 2.64 bits per heavy atom. The van der Waals surface area contributed by atoms with Crippen LogP contribution in [0.4, 0.5) is 5.82 Å². The van der Waals surface area contributed by atoms with E-state index in [1.165, 1.54) is 0 Å². The molecule has 0 saturated carbocycles. The van der Waals surface area contributed by atoms with Gasteiger partial charge in [-0.05, 0) is 24.0 Å². The minimum absolute atomic E-state index is 0.210. The van der Waals surface area contributed by atoms with E-state index >= 15 is 0 Å². The van der Waals surface area contributed by atoms with Gasteiger partial charge in [0.15, 0.2) is 0 Å². The zero-order valence-electron chi connectivity index (χ0n) is 9.08. The van der Waals surface area contributed by atoms with Crippen LogP contribution in [-0.4, -0.2) is 11.6 Å². The Balaban J connectivity index is 2.50. The van der Waals surface area contributed by atoms with Gasteiger partial charge in [-0.15, -0.1) is 0 Å². The molecule has 78 valence electrons. The van der Waals surface area contributed by atoms with E-state index in [0.29, 0.717) is 12.4 Å². The second-order valence-electron chi connectivity index (χ2n) is 4.23. The van der Waals surface area contributed by atoms with Crippen LogP contribution >= 0.6 is 0 Å². The fraction of sp³-hybridized carbons (Fsp3) is 0.545. The summed E-state index contributed by atoms with van der Waals surface area (Å²) in [6.45, 7) is 7.22. The Labute approximate surface area is 85.3 Å². The van der Waals surface area contributed by atoms with Crippen molar-refractivity contribution in [2.24, 2.45) is 5.41 Å². The number of aromatic nitrogens is 1. The van der Waals surface area contributed by atoms with E-state index in [1.807, 2.05) is 6.07 Å². The van der Waals surface area contributed by atoms with Crippen LogP contribution in [0.1, 0.15) is 27.2 Å². The van der Waals surface area contributed by atoms with Crippen molar-refractivity contribution in [2.45, 2.75) is 27.2 Å². The first-order chi connectivity index (χ1) is 6.53. The van der Waals surface area contributed by atoms with E-state index in [9.17, 15) is 0 Å². The van der Waals surface area contributed by atoms with Crippen LogP contribution in [0, 0.1) is 5.41 Å².